The zero-order valence-corrected chi connectivity index (χ0v) is 14.4. The maximum Gasteiger partial charge on any atom is 0.328 e. The van der Waals surface area contributed by atoms with E-state index in [1.165, 1.54) is 6.08 Å². The van der Waals surface area contributed by atoms with E-state index in [1.54, 1.807) is 6.08 Å². The molecule has 3 N–H and O–H groups in total. The summed E-state index contributed by atoms with van der Waals surface area (Å²) in [5.41, 5.74) is 0. The molecule has 0 fully saturated rings. The van der Waals surface area contributed by atoms with Gasteiger partial charge in [0.05, 0.1) is 6.42 Å². The summed E-state index contributed by atoms with van der Waals surface area (Å²) in [5.74, 6) is -3.06. The minimum absolute atomic E-state index is 0.413. The predicted octanol–water partition coefficient (Wildman–Crippen LogP) is 2.73. The van der Waals surface area contributed by atoms with Crippen LogP contribution in [0.1, 0.15) is 58.8 Å². The van der Waals surface area contributed by atoms with E-state index in [4.69, 9.17) is 10.2 Å². The van der Waals surface area contributed by atoms with E-state index in [2.05, 4.69) is 6.92 Å². The molecule has 0 aromatic rings. The normalized spacial score (nSPS) is 16.1. The molecule has 0 rings (SSSR count). The van der Waals surface area contributed by atoms with Crippen LogP contribution in [0.2, 0.25) is 0 Å². The number of rotatable bonds is 12. The third-order valence-electron chi connectivity index (χ3n) is 3.95. The van der Waals surface area contributed by atoms with Crippen LogP contribution >= 0.6 is 0 Å². The van der Waals surface area contributed by atoms with Crippen molar-refractivity contribution in [3.63, 3.8) is 0 Å². The van der Waals surface area contributed by atoms with Crippen molar-refractivity contribution in [2.24, 2.45) is 5.92 Å². The Morgan fingerprint density at radius 3 is 2.17 bits per heavy atom. The monoisotopic (exact) mass is 350 g/mol. The van der Waals surface area contributed by atoms with Crippen molar-refractivity contribution >= 4 is 22.1 Å². The van der Waals surface area contributed by atoms with Gasteiger partial charge in [-0.2, -0.15) is 8.42 Å². The lowest BCUT2D eigenvalue weighted by molar-refractivity contribution is -0.146. The van der Waals surface area contributed by atoms with Gasteiger partial charge in [0.25, 0.3) is 10.1 Å². The number of carbonyl (C=O) groups is 2. The Kier molecular flexibility index (Phi) is 9.07. The number of hydrogen-bond donors (Lipinski definition) is 3. The zero-order valence-electron chi connectivity index (χ0n) is 13.6. The lowest BCUT2D eigenvalue weighted by Gasteiger charge is -2.22. The molecule has 2 atom stereocenters. The number of allylic oxidation sites excluding steroid dienone is 2. The van der Waals surface area contributed by atoms with Crippen LogP contribution in [0.15, 0.2) is 12.2 Å². The highest BCUT2D eigenvalue weighted by atomic mass is 32.2. The summed E-state index contributed by atoms with van der Waals surface area (Å²) >= 11 is 0. The molecule has 0 saturated heterocycles. The van der Waals surface area contributed by atoms with Crippen molar-refractivity contribution in [2.75, 3.05) is 0 Å². The topological polar surface area (TPSA) is 129 Å². The van der Waals surface area contributed by atoms with Gasteiger partial charge < -0.3 is 10.2 Å². The van der Waals surface area contributed by atoms with Crippen LogP contribution in [0.25, 0.3) is 0 Å². The number of carboxylic acids is 2. The molecule has 0 spiro atoms. The Morgan fingerprint density at radius 1 is 1.17 bits per heavy atom. The lowest BCUT2D eigenvalue weighted by Crippen LogP contribution is -2.47. The van der Waals surface area contributed by atoms with E-state index in [0.717, 1.165) is 25.7 Å². The highest BCUT2D eigenvalue weighted by Crippen LogP contribution is 2.27. The second-order valence-corrected chi connectivity index (χ2v) is 7.40. The highest BCUT2D eigenvalue weighted by Gasteiger charge is 2.51. The fourth-order valence-electron chi connectivity index (χ4n) is 2.33. The Labute approximate surface area is 137 Å². The Morgan fingerprint density at radius 2 is 1.78 bits per heavy atom. The van der Waals surface area contributed by atoms with Crippen molar-refractivity contribution < 1.29 is 32.8 Å². The molecule has 0 aromatic carbocycles. The van der Waals surface area contributed by atoms with Crippen molar-refractivity contribution in [3.8, 4) is 0 Å². The molecule has 0 radical (unpaired) electrons. The van der Waals surface area contributed by atoms with Crippen molar-refractivity contribution in [1.82, 2.24) is 0 Å². The van der Waals surface area contributed by atoms with Crippen molar-refractivity contribution in [2.45, 2.75) is 63.5 Å². The van der Waals surface area contributed by atoms with Gasteiger partial charge in [0, 0.05) is 0 Å². The first-order valence-electron chi connectivity index (χ1n) is 7.67. The van der Waals surface area contributed by atoms with Gasteiger partial charge in [-0.1, -0.05) is 51.7 Å². The van der Waals surface area contributed by atoms with Gasteiger partial charge in [-0.3, -0.25) is 14.1 Å². The molecule has 0 aromatic heterocycles. The fraction of sp³-hybridized carbons (Fsp3) is 0.733. The van der Waals surface area contributed by atoms with E-state index in [0.29, 0.717) is 12.3 Å². The number of carboxylic acid groups (broad SMARTS) is 2. The standard InChI is InChI=1S/C15H26O7S/c1-3-5-8-12(4-2)9-6-7-10-15(14(18)19,11-13(16)17)23(20,21)22/h6-7,12H,3-5,8-11H2,1-2H3,(H,16,17)(H,18,19)(H,20,21,22). The van der Waals surface area contributed by atoms with Gasteiger partial charge in [0.15, 0.2) is 0 Å². The third kappa shape index (κ3) is 6.70. The molecule has 0 aliphatic heterocycles. The van der Waals surface area contributed by atoms with Crippen LogP contribution in [0.5, 0.6) is 0 Å². The summed E-state index contributed by atoms with van der Waals surface area (Å²) in [7, 11) is -5.07. The van der Waals surface area contributed by atoms with Gasteiger partial charge in [-0.15, -0.1) is 0 Å². The van der Waals surface area contributed by atoms with Crippen LogP contribution in [0.3, 0.4) is 0 Å². The van der Waals surface area contributed by atoms with E-state index in [1.807, 2.05) is 6.92 Å². The summed E-state index contributed by atoms with van der Waals surface area (Å²) in [6.07, 6.45) is 5.99. The van der Waals surface area contributed by atoms with Crippen LogP contribution in [-0.4, -0.2) is 39.9 Å². The van der Waals surface area contributed by atoms with E-state index < -0.39 is 39.6 Å². The van der Waals surface area contributed by atoms with Gasteiger partial charge in [0.1, 0.15) is 0 Å². The van der Waals surface area contributed by atoms with Crippen LogP contribution in [-0.2, 0) is 19.7 Å². The van der Waals surface area contributed by atoms with Gasteiger partial charge in [-0.25, -0.2) is 0 Å². The summed E-state index contributed by atoms with van der Waals surface area (Å²) in [6.45, 7) is 4.13. The Balaban J connectivity index is 5.08. The van der Waals surface area contributed by atoms with Crippen LogP contribution < -0.4 is 0 Å². The maximum atomic E-state index is 11.4. The number of hydrogen-bond acceptors (Lipinski definition) is 4. The zero-order chi connectivity index (χ0) is 18.1. The van der Waals surface area contributed by atoms with Gasteiger partial charge >= 0.3 is 11.9 Å². The molecule has 7 nitrogen and oxygen atoms in total. The van der Waals surface area contributed by atoms with Gasteiger partial charge in [-0.05, 0) is 18.8 Å². The maximum absolute atomic E-state index is 11.4. The quantitative estimate of drug-likeness (QED) is 0.364. The van der Waals surface area contributed by atoms with Gasteiger partial charge in [0.2, 0.25) is 4.75 Å². The second kappa shape index (κ2) is 9.67. The first-order chi connectivity index (χ1) is 10.6. The molecule has 8 heteroatoms. The smallest absolute Gasteiger partial charge is 0.328 e. The first-order valence-corrected chi connectivity index (χ1v) is 9.12. The number of aliphatic carboxylic acids is 2. The molecule has 2 unspecified atom stereocenters. The Bertz CT molecular complexity index is 524. The van der Waals surface area contributed by atoms with E-state index in [9.17, 15) is 22.6 Å². The minimum Gasteiger partial charge on any atom is -0.481 e. The van der Waals surface area contributed by atoms with E-state index >= 15 is 0 Å². The minimum atomic E-state index is -5.07. The molecule has 134 valence electrons. The lowest BCUT2D eigenvalue weighted by atomic mass is 9.94. The molecular weight excluding hydrogens is 324 g/mol. The molecule has 23 heavy (non-hydrogen) atoms. The summed E-state index contributed by atoms with van der Waals surface area (Å²) < 4.78 is 29.3. The second-order valence-electron chi connectivity index (χ2n) is 5.67. The third-order valence-corrected chi connectivity index (χ3v) is 5.42. The van der Waals surface area contributed by atoms with Crippen molar-refractivity contribution in [3.05, 3.63) is 12.2 Å². The molecule has 0 saturated carbocycles. The van der Waals surface area contributed by atoms with Crippen LogP contribution in [0.4, 0.5) is 0 Å². The van der Waals surface area contributed by atoms with Crippen LogP contribution in [0, 0.1) is 5.92 Å². The predicted molar refractivity (Wildman–Crippen MR) is 85.8 cm³/mol. The molecule has 0 heterocycles. The molecule has 0 aliphatic rings. The number of unbranched alkanes of at least 4 members (excludes halogenated alkanes) is 1. The largest absolute Gasteiger partial charge is 0.481 e. The SMILES string of the molecule is CCCCC(CC)CC=CCC(CC(=O)O)(C(=O)O)S(=O)(=O)O. The summed E-state index contributed by atoms with van der Waals surface area (Å²) in [6, 6.07) is 0. The fourth-order valence-corrected chi connectivity index (χ4v) is 3.16. The average molecular weight is 350 g/mol. The molecular formula is C15H26O7S. The average Bonchev–Trinajstić information content (AvgIpc) is 2.43. The summed E-state index contributed by atoms with van der Waals surface area (Å²) in [5, 5.41) is 17.9. The first kappa shape index (κ1) is 21.6. The van der Waals surface area contributed by atoms with E-state index in [-0.39, 0.29) is 0 Å². The molecule has 0 bridgehead atoms. The Hall–Kier alpha value is -1.41. The molecule has 0 amide bonds. The molecule has 0 aliphatic carbocycles. The summed E-state index contributed by atoms with van der Waals surface area (Å²) in [4.78, 5) is 22.1. The van der Waals surface area contributed by atoms with Crippen molar-refractivity contribution in [1.29, 1.82) is 0 Å². The highest BCUT2D eigenvalue weighted by molar-refractivity contribution is 7.88.